The lowest BCUT2D eigenvalue weighted by Crippen LogP contribution is -2.65. The number of hydrogen-bond acceptors (Lipinski definition) is 11. The lowest BCUT2D eigenvalue weighted by Gasteiger charge is -2.45. The zero-order chi connectivity index (χ0) is 70.3. The summed E-state index contributed by atoms with van der Waals surface area (Å²) < 4.78 is 82.7. The van der Waals surface area contributed by atoms with Crippen LogP contribution in [-0.4, -0.2) is 214 Å². The number of likely N-dealkylation sites (N-methyl/N-ethyl adjacent to an activating group) is 5. The summed E-state index contributed by atoms with van der Waals surface area (Å²) in [6.45, 7) is 7.24. The first kappa shape index (κ1) is 74.9. The highest BCUT2D eigenvalue weighted by Gasteiger charge is 2.51. The predicted molar refractivity (Wildman–Crippen MR) is 337 cm³/mol. The molecule has 1 unspecified atom stereocenters. The third kappa shape index (κ3) is 17.4. The smallest absolute Gasteiger partial charge is 0.351 e. The predicted octanol–water partition coefficient (Wildman–Crippen LogP) is 5.49. The van der Waals surface area contributed by atoms with Gasteiger partial charge in [-0.05, 0) is 126 Å². The SMILES string of the molecule is CC[C@H](C)[C@@H]1NC(=O)[C@H](C)N(C)C(=O)C[C@@H](C)NC(=O)[C@H](C2CCCC2)N(C)C(=O)C2(CCCC2)NC(=O)[C@@H]2CCCN2C(=O)[C@H](CCc2ccc(C(F)(F)F)c(Cl)c2)NC(=O)CN(C)C(=O)[C@H](Cc2ccc(C(F)(F)F)cc2)N(C)C(=O)C2CCN2C(=O)[C@H](C)N(C)C1=O. The summed E-state index contributed by atoms with van der Waals surface area (Å²) in [4.78, 5) is 169. The molecule has 2 saturated carbocycles. The Balaban J connectivity index is 1.25. The molecule has 5 aliphatic rings. The highest BCUT2D eigenvalue weighted by molar-refractivity contribution is 6.31. The Morgan fingerprint density at radius 3 is 1.81 bits per heavy atom. The maximum atomic E-state index is 15.2. The van der Waals surface area contributed by atoms with Gasteiger partial charge in [0, 0.05) is 67.2 Å². The Labute approximate surface area is 555 Å². The van der Waals surface area contributed by atoms with Crippen molar-refractivity contribution in [1.29, 1.82) is 0 Å². The molecular weight excluding hydrogens is 1270 g/mol. The maximum absolute atomic E-state index is 15.2. The molecule has 10 atom stereocenters. The highest BCUT2D eigenvalue weighted by Crippen LogP contribution is 2.38. The largest absolute Gasteiger partial charge is 0.417 e. The summed E-state index contributed by atoms with van der Waals surface area (Å²) in [6.07, 6.45) is -5.61. The Morgan fingerprint density at radius 1 is 0.611 bits per heavy atom. The standard InChI is InChI=1S/C66H90ClF6N11O11/c1-11-37(2)53-62(94)80(8)40(5)58(90)84-32-28-49(84)61(93)81(9)50(35-42-20-24-44(25-21-42)65(68,69)70)60(92)78(6)36-51(85)75-47(27-23-41-22-26-45(46(67)34-41)66(71,72)73)59(91)83-31-16-19-48(83)56(88)77-64(29-14-15-30-64)63(95)82(10)54(43-17-12-13-18-43)57(89)74-38(3)33-52(86)79(7)39(4)55(87)76-53/h20-22,24-26,34,37-40,43,47-50,53-54H,11-19,23,27-33,35-36H2,1-10H3,(H,74,89)(H,75,85)(H,76,87)(H,77,88)/t37-,38+,39-,40-,47-,48-,49?,50-,53-,54-/m0/s1. The van der Waals surface area contributed by atoms with Crippen molar-refractivity contribution >= 4 is 76.6 Å². The Bertz CT molecular complexity index is 3200. The second-order valence-electron chi connectivity index (χ2n) is 26.5. The van der Waals surface area contributed by atoms with Crippen LogP contribution in [0.25, 0.3) is 0 Å². The van der Waals surface area contributed by atoms with Gasteiger partial charge in [-0.3, -0.25) is 52.7 Å². The Kier molecular flexibility index (Phi) is 24.5. The van der Waals surface area contributed by atoms with Gasteiger partial charge >= 0.3 is 12.4 Å². The van der Waals surface area contributed by atoms with Crippen molar-refractivity contribution in [3.05, 3.63) is 69.7 Å². The first-order valence-corrected chi connectivity index (χ1v) is 33.1. The fourth-order valence-electron chi connectivity index (χ4n) is 13.6. The molecule has 2 aliphatic carbocycles. The molecule has 7 rings (SSSR count). The fraction of sp³-hybridized carbons (Fsp3) is 0.652. The lowest BCUT2D eigenvalue weighted by atomic mass is 9.90. The molecule has 2 aromatic carbocycles. The molecule has 29 heteroatoms. The number of halogens is 7. The highest BCUT2D eigenvalue weighted by atomic mass is 35.5. The van der Waals surface area contributed by atoms with Gasteiger partial charge < -0.3 is 55.6 Å². The first-order chi connectivity index (χ1) is 44.5. The van der Waals surface area contributed by atoms with E-state index in [4.69, 9.17) is 11.6 Å². The van der Waals surface area contributed by atoms with E-state index in [0.29, 0.717) is 32.1 Å². The van der Waals surface area contributed by atoms with Gasteiger partial charge in [0.2, 0.25) is 65.0 Å². The molecule has 524 valence electrons. The summed E-state index contributed by atoms with van der Waals surface area (Å²) in [5.41, 5.74) is -3.24. The zero-order valence-electron chi connectivity index (χ0n) is 55.6. The number of benzene rings is 2. The van der Waals surface area contributed by atoms with Crippen LogP contribution in [0.4, 0.5) is 26.3 Å². The number of nitrogens with one attached hydrogen (secondary N) is 4. The fourth-order valence-corrected chi connectivity index (χ4v) is 13.9. The van der Waals surface area contributed by atoms with Crippen LogP contribution < -0.4 is 21.3 Å². The van der Waals surface area contributed by atoms with Crippen LogP contribution in [0, 0.1) is 11.8 Å². The summed E-state index contributed by atoms with van der Waals surface area (Å²) in [5.74, 6) is -8.60. The molecule has 0 aromatic heterocycles. The third-order valence-electron chi connectivity index (χ3n) is 20.1. The Hall–Kier alpha value is -7.52. The molecule has 5 fully saturated rings. The number of rotatable bonds is 8. The van der Waals surface area contributed by atoms with E-state index >= 15 is 9.59 Å². The van der Waals surface area contributed by atoms with Gasteiger partial charge in [-0.1, -0.05) is 75.8 Å². The van der Waals surface area contributed by atoms with Crippen molar-refractivity contribution in [2.24, 2.45) is 11.8 Å². The van der Waals surface area contributed by atoms with Gasteiger partial charge in [-0.25, -0.2) is 0 Å². The second kappa shape index (κ2) is 31.1. The summed E-state index contributed by atoms with van der Waals surface area (Å²) in [5, 5.41) is 10.7. The molecule has 1 spiro atoms. The summed E-state index contributed by atoms with van der Waals surface area (Å²) in [6, 6.07) is -4.12. The van der Waals surface area contributed by atoms with Crippen LogP contribution in [0.15, 0.2) is 42.5 Å². The number of amides is 11. The van der Waals surface area contributed by atoms with Crippen molar-refractivity contribution in [2.45, 2.75) is 210 Å². The zero-order valence-corrected chi connectivity index (χ0v) is 56.4. The quantitative estimate of drug-likeness (QED) is 0.240. The van der Waals surface area contributed by atoms with Crippen LogP contribution in [0.3, 0.4) is 0 Å². The van der Waals surface area contributed by atoms with Gasteiger partial charge in [0.15, 0.2) is 0 Å². The van der Waals surface area contributed by atoms with E-state index in [1.807, 2.05) is 0 Å². The van der Waals surface area contributed by atoms with Gasteiger partial charge in [0.1, 0.15) is 53.9 Å². The second-order valence-corrected chi connectivity index (χ2v) is 26.9. The van der Waals surface area contributed by atoms with Gasteiger partial charge in [-0.15, -0.1) is 0 Å². The third-order valence-corrected chi connectivity index (χ3v) is 20.4. The molecule has 11 amide bonds. The van der Waals surface area contributed by atoms with Crippen LogP contribution in [0.5, 0.6) is 0 Å². The van der Waals surface area contributed by atoms with E-state index in [-0.39, 0.29) is 81.5 Å². The Morgan fingerprint density at radius 2 is 1.23 bits per heavy atom. The van der Waals surface area contributed by atoms with E-state index in [0.717, 1.165) is 70.0 Å². The van der Waals surface area contributed by atoms with Crippen molar-refractivity contribution < 1.29 is 79.1 Å². The number of nitrogens with zero attached hydrogens (tertiary/aromatic N) is 7. The molecule has 22 nitrogen and oxygen atoms in total. The van der Waals surface area contributed by atoms with E-state index < -0.39 is 172 Å². The monoisotopic (exact) mass is 1360 g/mol. The van der Waals surface area contributed by atoms with E-state index in [1.54, 1.807) is 20.8 Å². The van der Waals surface area contributed by atoms with Crippen LogP contribution >= 0.6 is 11.6 Å². The van der Waals surface area contributed by atoms with Crippen molar-refractivity contribution in [3.8, 4) is 0 Å². The first-order valence-electron chi connectivity index (χ1n) is 32.7. The van der Waals surface area contributed by atoms with Crippen molar-refractivity contribution in [3.63, 3.8) is 0 Å². The van der Waals surface area contributed by atoms with Crippen LogP contribution in [0.2, 0.25) is 5.02 Å². The van der Waals surface area contributed by atoms with Gasteiger partial charge in [-0.2, -0.15) is 26.3 Å². The minimum Gasteiger partial charge on any atom is -0.351 e. The van der Waals surface area contributed by atoms with Gasteiger partial charge in [0.25, 0.3) is 0 Å². The molecule has 0 radical (unpaired) electrons. The van der Waals surface area contributed by atoms with Gasteiger partial charge in [0.05, 0.1) is 22.7 Å². The summed E-state index contributed by atoms with van der Waals surface area (Å²) in [7, 11) is 6.72. The number of carbonyl (C=O) groups is 11. The van der Waals surface area contributed by atoms with Crippen LogP contribution in [-0.2, 0) is 77.9 Å². The maximum Gasteiger partial charge on any atom is 0.417 e. The summed E-state index contributed by atoms with van der Waals surface area (Å²) >= 11 is 6.10. The van der Waals surface area contributed by atoms with Crippen LogP contribution in [0.1, 0.15) is 147 Å². The number of aryl methyl sites for hydroxylation is 1. The molecule has 0 bridgehead atoms. The molecule has 2 aromatic rings. The number of fused-ring (bicyclic) bond motifs is 2. The van der Waals surface area contributed by atoms with E-state index in [9.17, 15) is 69.5 Å². The molecule has 4 N–H and O–H groups in total. The average molecular weight is 1360 g/mol. The molecule has 3 saturated heterocycles. The van der Waals surface area contributed by atoms with Crippen molar-refractivity contribution in [2.75, 3.05) is 54.9 Å². The normalized spacial score (nSPS) is 27.5. The molecule has 95 heavy (non-hydrogen) atoms. The molecule has 3 aliphatic heterocycles. The van der Waals surface area contributed by atoms with E-state index in [2.05, 4.69) is 21.3 Å². The minimum atomic E-state index is -4.80. The number of alkyl halides is 6. The number of carbonyl (C=O) groups excluding carboxylic acids is 11. The lowest BCUT2D eigenvalue weighted by molar-refractivity contribution is -0.160. The average Bonchev–Trinajstić information content (AvgIpc) is 1.61. The number of hydrogen-bond donors (Lipinski definition) is 4. The molecular formula is C66H90ClF6N11O11. The topological polar surface area (TPSA) is 259 Å². The minimum absolute atomic E-state index is 0.0103. The van der Waals surface area contributed by atoms with Crippen molar-refractivity contribution in [1.82, 2.24) is 55.6 Å². The molecule has 3 heterocycles. The van der Waals surface area contributed by atoms with E-state index in [1.165, 1.54) is 68.7 Å².